The minimum atomic E-state index is 0.0175. The molecule has 3 rings (SSSR count). The van der Waals surface area contributed by atoms with E-state index in [4.69, 9.17) is 0 Å². The van der Waals surface area contributed by atoms with E-state index >= 15 is 0 Å². The molecule has 4 heteroatoms. The molecule has 1 aliphatic rings. The summed E-state index contributed by atoms with van der Waals surface area (Å²) in [6.07, 6.45) is 0. The van der Waals surface area contributed by atoms with Crippen LogP contribution in [0.1, 0.15) is 28.4 Å². The van der Waals surface area contributed by atoms with Crippen LogP contribution in [0.25, 0.3) is 0 Å². The molecular weight excluding hydrogens is 322 g/mol. The van der Waals surface area contributed by atoms with E-state index in [0.29, 0.717) is 0 Å². The molecule has 0 aliphatic carbocycles. The van der Waals surface area contributed by atoms with Crippen molar-refractivity contribution in [3.8, 4) is 0 Å². The van der Waals surface area contributed by atoms with Crippen LogP contribution in [0, 0.1) is 6.92 Å². The van der Waals surface area contributed by atoms with Gasteiger partial charge >= 0.3 is 0 Å². The number of nitrogens with zero attached hydrogens (tertiary/aromatic N) is 2. The van der Waals surface area contributed by atoms with Crippen molar-refractivity contribution in [2.24, 2.45) is 0 Å². The van der Waals surface area contributed by atoms with Gasteiger partial charge in [-0.25, -0.2) is 0 Å². The second-order valence-electron chi connectivity index (χ2n) is 7.31. The number of hydrogen-bond acceptors (Lipinski definition) is 3. The summed E-state index contributed by atoms with van der Waals surface area (Å²) in [5, 5.41) is 3.13. The smallest absolute Gasteiger partial charge is 0.251 e. The molecule has 1 amide bonds. The molecule has 0 radical (unpaired) electrons. The first-order chi connectivity index (χ1) is 12.6. The van der Waals surface area contributed by atoms with Gasteiger partial charge in [0.1, 0.15) is 0 Å². The zero-order valence-electron chi connectivity index (χ0n) is 15.8. The number of carbonyl (C=O) groups excluding carboxylic acids is 1. The molecule has 4 nitrogen and oxygen atoms in total. The Morgan fingerprint density at radius 1 is 1.00 bits per heavy atom. The lowest BCUT2D eigenvalue weighted by Gasteiger charge is -2.36. The number of hydrogen-bond donors (Lipinski definition) is 1. The van der Waals surface area contributed by atoms with Gasteiger partial charge in [0.25, 0.3) is 5.91 Å². The third-order valence-electron chi connectivity index (χ3n) is 4.90. The highest BCUT2D eigenvalue weighted by Crippen LogP contribution is 2.09. The Morgan fingerprint density at radius 2 is 1.69 bits per heavy atom. The number of aryl methyl sites for hydroxylation is 1. The van der Waals surface area contributed by atoms with Crippen LogP contribution in [-0.4, -0.2) is 54.5 Å². The van der Waals surface area contributed by atoms with Crippen molar-refractivity contribution in [3.05, 3.63) is 71.3 Å². The molecule has 1 N–H and O–H groups in total. The maximum atomic E-state index is 12.4. The lowest BCUT2D eigenvalue weighted by atomic mass is 10.1. The van der Waals surface area contributed by atoms with Crippen LogP contribution in [0.3, 0.4) is 0 Å². The van der Waals surface area contributed by atoms with Gasteiger partial charge in [0.2, 0.25) is 0 Å². The molecule has 0 aromatic heterocycles. The van der Waals surface area contributed by atoms with Gasteiger partial charge in [-0.2, -0.15) is 0 Å². The minimum Gasteiger partial charge on any atom is -0.348 e. The zero-order chi connectivity index (χ0) is 18.4. The van der Waals surface area contributed by atoms with Crippen molar-refractivity contribution in [1.82, 2.24) is 15.1 Å². The maximum Gasteiger partial charge on any atom is 0.251 e. The van der Waals surface area contributed by atoms with E-state index in [1.165, 1.54) is 5.56 Å². The first-order valence-electron chi connectivity index (χ1n) is 9.46. The predicted molar refractivity (Wildman–Crippen MR) is 106 cm³/mol. The highest BCUT2D eigenvalue weighted by molar-refractivity contribution is 5.94. The van der Waals surface area contributed by atoms with E-state index in [1.54, 1.807) is 0 Å². The highest BCUT2D eigenvalue weighted by atomic mass is 16.1. The Bertz CT molecular complexity index is 708. The summed E-state index contributed by atoms with van der Waals surface area (Å²) in [5.41, 5.74) is 3.23. The van der Waals surface area contributed by atoms with E-state index in [9.17, 15) is 4.79 Å². The fraction of sp³-hybridized carbons (Fsp3) is 0.409. The normalized spacial score (nSPS) is 17.0. The quantitative estimate of drug-likeness (QED) is 0.869. The zero-order valence-corrected chi connectivity index (χ0v) is 15.8. The number of piperazine rings is 1. The number of rotatable bonds is 6. The second kappa shape index (κ2) is 8.97. The van der Waals surface area contributed by atoms with Gasteiger partial charge in [-0.1, -0.05) is 48.0 Å². The number of carbonyl (C=O) groups is 1. The number of nitrogens with one attached hydrogen (secondary N) is 1. The predicted octanol–water partition coefficient (Wildman–Crippen LogP) is 2.93. The maximum absolute atomic E-state index is 12.4. The molecule has 1 saturated heterocycles. The van der Waals surface area contributed by atoms with Crippen LogP contribution in [0.15, 0.2) is 54.6 Å². The Labute approximate surface area is 156 Å². The Morgan fingerprint density at radius 3 is 2.38 bits per heavy atom. The molecule has 0 bridgehead atoms. The largest absolute Gasteiger partial charge is 0.348 e. The molecule has 26 heavy (non-hydrogen) atoms. The average molecular weight is 351 g/mol. The molecule has 138 valence electrons. The van der Waals surface area contributed by atoms with Gasteiger partial charge in [-0.05, 0) is 31.5 Å². The molecule has 2 aromatic carbocycles. The fourth-order valence-electron chi connectivity index (χ4n) is 3.50. The van der Waals surface area contributed by atoms with Gasteiger partial charge in [0, 0.05) is 50.9 Å². The van der Waals surface area contributed by atoms with Crippen molar-refractivity contribution in [3.63, 3.8) is 0 Å². The summed E-state index contributed by atoms with van der Waals surface area (Å²) in [4.78, 5) is 17.3. The van der Waals surface area contributed by atoms with Gasteiger partial charge in [0.05, 0.1) is 0 Å². The van der Waals surface area contributed by atoms with Crippen molar-refractivity contribution in [2.45, 2.75) is 26.4 Å². The number of amides is 1. The topological polar surface area (TPSA) is 35.6 Å². The fourth-order valence-corrected chi connectivity index (χ4v) is 3.50. The standard InChI is InChI=1S/C22H29N3O/c1-18-7-6-10-21(15-18)22(26)23-19(2)16-24-11-13-25(14-12-24)17-20-8-4-3-5-9-20/h3-10,15,19H,11-14,16-17H2,1-2H3,(H,23,26)/t19-/m0/s1. The summed E-state index contributed by atoms with van der Waals surface area (Å²) >= 11 is 0. The molecule has 0 unspecified atom stereocenters. The third kappa shape index (κ3) is 5.41. The summed E-state index contributed by atoms with van der Waals surface area (Å²) in [6, 6.07) is 18.5. The van der Waals surface area contributed by atoms with Crippen LogP contribution < -0.4 is 5.32 Å². The third-order valence-corrected chi connectivity index (χ3v) is 4.90. The molecule has 1 atom stereocenters. The van der Waals surface area contributed by atoms with Gasteiger partial charge in [-0.3, -0.25) is 14.6 Å². The van der Waals surface area contributed by atoms with Crippen LogP contribution in [-0.2, 0) is 6.54 Å². The number of benzene rings is 2. The molecule has 0 saturated carbocycles. The lowest BCUT2D eigenvalue weighted by molar-refractivity contribution is 0.0900. The highest BCUT2D eigenvalue weighted by Gasteiger charge is 2.19. The van der Waals surface area contributed by atoms with Gasteiger partial charge < -0.3 is 5.32 Å². The van der Waals surface area contributed by atoms with Crippen LogP contribution >= 0.6 is 0 Å². The molecule has 1 heterocycles. The van der Waals surface area contributed by atoms with Crippen molar-refractivity contribution in [2.75, 3.05) is 32.7 Å². The van der Waals surface area contributed by atoms with E-state index in [-0.39, 0.29) is 11.9 Å². The first kappa shape index (κ1) is 18.6. The monoisotopic (exact) mass is 351 g/mol. The molecule has 1 aliphatic heterocycles. The van der Waals surface area contributed by atoms with E-state index in [2.05, 4.69) is 52.4 Å². The molecular formula is C22H29N3O. The summed E-state index contributed by atoms with van der Waals surface area (Å²) in [7, 11) is 0. The van der Waals surface area contributed by atoms with Crippen LogP contribution in [0.4, 0.5) is 0 Å². The minimum absolute atomic E-state index is 0.0175. The summed E-state index contributed by atoms with van der Waals surface area (Å²) < 4.78 is 0. The average Bonchev–Trinajstić information content (AvgIpc) is 2.64. The lowest BCUT2D eigenvalue weighted by Crippen LogP contribution is -2.50. The van der Waals surface area contributed by atoms with Crippen molar-refractivity contribution < 1.29 is 4.79 Å². The van der Waals surface area contributed by atoms with Gasteiger partial charge in [0.15, 0.2) is 0 Å². The second-order valence-corrected chi connectivity index (χ2v) is 7.31. The van der Waals surface area contributed by atoms with Crippen LogP contribution in [0.5, 0.6) is 0 Å². The van der Waals surface area contributed by atoms with E-state index in [1.807, 2.05) is 31.2 Å². The van der Waals surface area contributed by atoms with Crippen molar-refractivity contribution >= 4 is 5.91 Å². The Kier molecular flexibility index (Phi) is 6.42. The van der Waals surface area contributed by atoms with Crippen molar-refractivity contribution in [1.29, 1.82) is 0 Å². The SMILES string of the molecule is Cc1cccc(C(=O)N[C@@H](C)CN2CCN(Cc3ccccc3)CC2)c1. The summed E-state index contributed by atoms with van der Waals surface area (Å²) in [6.45, 7) is 10.3. The van der Waals surface area contributed by atoms with E-state index in [0.717, 1.165) is 50.4 Å². The van der Waals surface area contributed by atoms with Gasteiger partial charge in [-0.15, -0.1) is 0 Å². The first-order valence-corrected chi connectivity index (χ1v) is 9.46. The Hall–Kier alpha value is -2.17. The molecule has 2 aromatic rings. The van der Waals surface area contributed by atoms with Crippen LogP contribution in [0.2, 0.25) is 0 Å². The van der Waals surface area contributed by atoms with E-state index < -0.39 is 0 Å². The molecule has 0 spiro atoms. The summed E-state index contributed by atoms with van der Waals surface area (Å²) in [5.74, 6) is 0.0175. The molecule has 1 fully saturated rings. The Balaban J connectivity index is 1.42.